The van der Waals surface area contributed by atoms with Crippen molar-refractivity contribution in [3.8, 4) is 0 Å². The number of hydrogen-bond donors (Lipinski definition) is 0. The van der Waals surface area contributed by atoms with Gasteiger partial charge in [0.05, 0.1) is 13.2 Å². The number of anilines is 2. The van der Waals surface area contributed by atoms with Crippen molar-refractivity contribution in [1.82, 2.24) is 9.97 Å². The summed E-state index contributed by atoms with van der Waals surface area (Å²) < 4.78 is 25.1. The lowest BCUT2D eigenvalue weighted by atomic mass is 9.87. The monoisotopic (exact) mass is 426 g/mol. The first-order chi connectivity index (χ1) is 15.0. The molecule has 3 aliphatic rings. The standard InChI is InChI=1S/C23H27FN4O3/c1-2-31-22(29)19-9-16-3-6-27(13-17(16)12-25-19)18-10-20(24)26-21(11-18)28-7-4-23(14-28)5-8-30-15-23/h9-12H,2-8,13-15H2,1H3. The van der Waals surface area contributed by atoms with E-state index in [0.717, 1.165) is 68.9 Å². The Balaban J connectivity index is 1.34. The van der Waals surface area contributed by atoms with Gasteiger partial charge in [-0.3, -0.25) is 0 Å². The first-order valence-corrected chi connectivity index (χ1v) is 11.0. The van der Waals surface area contributed by atoms with Crippen LogP contribution in [0.2, 0.25) is 0 Å². The number of ether oxygens (including phenoxy) is 2. The smallest absolute Gasteiger partial charge is 0.356 e. The number of carbonyl (C=O) groups is 1. The highest BCUT2D eigenvalue weighted by molar-refractivity contribution is 5.87. The summed E-state index contributed by atoms with van der Waals surface area (Å²) >= 11 is 0. The highest BCUT2D eigenvalue weighted by Crippen LogP contribution is 2.40. The average molecular weight is 426 g/mol. The van der Waals surface area contributed by atoms with Gasteiger partial charge in [-0.2, -0.15) is 4.39 Å². The molecule has 0 radical (unpaired) electrons. The molecule has 1 atom stereocenters. The normalized spacial score (nSPS) is 22.8. The van der Waals surface area contributed by atoms with Gasteiger partial charge in [-0.1, -0.05) is 0 Å². The van der Waals surface area contributed by atoms with Crippen LogP contribution in [0.3, 0.4) is 0 Å². The van der Waals surface area contributed by atoms with Crippen molar-refractivity contribution in [2.75, 3.05) is 49.3 Å². The van der Waals surface area contributed by atoms with Crippen LogP contribution in [0.5, 0.6) is 0 Å². The molecule has 1 unspecified atom stereocenters. The first-order valence-electron chi connectivity index (χ1n) is 11.0. The Morgan fingerprint density at radius 1 is 1.23 bits per heavy atom. The zero-order chi connectivity index (χ0) is 21.4. The van der Waals surface area contributed by atoms with Crippen molar-refractivity contribution in [3.63, 3.8) is 0 Å². The zero-order valence-corrected chi connectivity index (χ0v) is 17.8. The molecule has 0 aromatic carbocycles. The summed E-state index contributed by atoms with van der Waals surface area (Å²) in [6.07, 6.45) is 4.62. The Labute approximate surface area is 181 Å². The van der Waals surface area contributed by atoms with E-state index in [1.165, 1.54) is 6.07 Å². The van der Waals surface area contributed by atoms with Crippen LogP contribution in [0.1, 0.15) is 41.4 Å². The quantitative estimate of drug-likeness (QED) is 0.550. The number of carbonyl (C=O) groups excluding carboxylic acids is 1. The minimum atomic E-state index is -0.460. The lowest BCUT2D eigenvalue weighted by Crippen LogP contribution is -2.32. The molecule has 0 amide bonds. The van der Waals surface area contributed by atoms with E-state index >= 15 is 0 Å². The molecule has 31 heavy (non-hydrogen) atoms. The van der Waals surface area contributed by atoms with Gasteiger partial charge in [0.25, 0.3) is 0 Å². The summed E-state index contributed by atoms with van der Waals surface area (Å²) in [6, 6.07) is 5.30. The van der Waals surface area contributed by atoms with Crippen molar-refractivity contribution in [3.05, 3.63) is 47.2 Å². The Kier molecular flexibility index (Phi) is 5.25. The van der Waals surface area contributed by atoms with Crippen LogP contribution in [0, 0.1) is 11.4 Å². The number of halogens is 1. The van der Waals surface area contributed by atoms with E-state index in [1.54, 1.807) is 13.1 Å². The predicted octanol–water partition coefficient (Wildman–Crippen LogP) is 2.97. The highest BCUT2D eigenvalue weighted by atomic mass is 19.1. The summed E-state index contributed by atoms with van der Waals surface area (Å²) in [5.41, 5.74) is 3.49. The molecule has 5 rings (SSSR count). The number of fused-ring (bicyclic) bond motifs is 1. The molecule has 8 heteroatoms. The van der Waals surface area contributed by atoms with E-state index in [-0.39, 0.29) is 5.41 Å². The van der Waals surface area contributed by atoms with Crippen LogP contribution in [-0.2, 0) is 22.4 Å². The molecule has 2 saturated heterocycles. The number of pyridine rings is 2. The SMILES string of the molecule is CCOC(=O)c1cc2c(cn1)CN(c1cc(F)nc(N3CCC4(CCOC4)C3)c1)CC2. The molecule has 1 spiro atoms. The second kappa shape index (κ2) is 8.07. The first kappa shape index (κ1) is 20.2. The molecule has 164 valence electrons. The highest BCUT2D eigenvalue weighted by Gasteiger charge is 2.41. The van der Waals surface area contributed by atoms with Gasteiger partial charge in [-0.25, -0.2) is 14.8 Å². The van der Waals surface area contributed by atoms with Crippen LogP contribution in [0.25, 0.3) is 0 Å². The maximum Gasteiger partial charge on any atom is 0.356 e. The largest absolute Gasteiger partial charge is 0.461 e. The van der Waals surface area contributed by atoms with E-state index in [9.17, 15) is 9.18 Å². The molecule has 0 N–H and O–H groups in total. The maximum absolute atomic E-state index is 14.5. The molecule has 0 aliphatic carbocycles. The zero-order valence-electron chi connectivity index (χ0n) is 17.8. The molecule has 2 aromatic rings. The van der Waals surface area contributed by atoms with Crippen molar-refractivity contribution >= 4 is 17.5 Å². The van der Waals surface area contributed by atoms with Gasteiger partial charge in [-0.15, -0.1) is 0 Å². The number of nitrogens with zero attached hydrogens (tertiary/aromatic N) is 4. The van der Waals surface area contributed by atoms with E-state index in [1.807, 2.05) is 12.1 Å². The Hall–Kier alpha value is -2.74. The third-order valence-corrected chi connectivity index (χ3v) is 6.66. The molecule has 0 bridgehead atoms. The van der Waals surface area contributed by atoms with Gasteiger partial charge in [0.2, 0.25) is 5.95 Å². The number of esters is 1. The maximum atomic E-state index is 14.5. The number of rotatable bonds is 4. The molecule has 7 nitrogen and oxygen atoms in total. The molecule has 0 saturated carbocycles. The van der Waals surface area contributed by atoms with E-state index in [2.05, 4.69) is 19.8 Å². The predicted molar refractivity (Wildman–Crippen MR) is 114 cm³/mol. The molecule has 3 aliphatic heterocycles. The van der Waals surface area contributed by atoms with Gasteiger partial charge in [0.1, 0.15) is 11.5 Å². The van der Waals surface area contributed by atoms with Crippen molar-refractivity contribution in [1.29, 1.82) is 0 Å². The molecular weight excluding hydrogens is 399 g/mol. The van der Waals surface area contributed by atoms with E-state index < -0.39 is 11.9 Å². The minimum absolute atomic E-state index is 0.195. The minimum Gasteiger partial charge on any atom is -0.461 e. The second-order valence-corrected chi connectivity index (χ2v) is 8.71. The average Bonchev–Trinajstić information content (AvgIpc) is 3.42. The van der Waals surface area contributed by atoms with Gasteiger partial charge in [0.15, 0.2) is 0 Å². The summed E-state index contributed by atoms with van der Waals surface area (Å²) in [5.74, 6) is -0.164. The van der Waals surface area contributed by atoms with E-state index in [0.29, 0.717) is 24.7 Å². The topological polar surface area (TPSA) is 67.8 Å². The summed E-state index contributed by atoms with van der Waals surface area (Å²) in [5, 5.41) is 0. The van der Waals surface area contributed by atoms with Gasteiger partial charge in [0, 0.05) is 62.2 Å². The lowest BCUT2D eigenvalue weighted by molar-refractivity contribution is 0.0519. The summed E-state index contributed by atoms with van der Waals surface area (Å²) in [6.45, 7) is 6.80. The fourth-order valence-corrected chi connectivity index (χ4v) is 4.89. The van der Waals surface area contributed by atoms with Crippen LogP contribution < -0.4 is 9.80 Å². The number of aromatic nitrogens is 2. The fraction of sp³-hybridized carbons (Fsp3) is 0.522. The second-order valence-electron chi connectivity index (χ2n) is 8.71. The number of hydrogen-bond acceptors (Lipinski definition) is 7. The van der Waals surface area contributed by atoms with Gasteiger partial charge in [-0.05, 0) is 43.4 Å². The Morgan fingerprint density at radius 2 is 2.13 bits per heavy atom. The van der Waals surface area contributed by atoms with Crippen LogP contribution in [0.4, 0.5) is 15.9 Å². The molecule has 2 aromatic heterocycles. The third kappa shape index (κ3) is 3.96. The third-order valence-electron chi connectivity index (χ3n) is 6.66. The Bertz CT molecular complexity index is 993. The van der Waals surface area contributed by atoms with Crippen molar-refractivity contribution in [2.45, 2.75) is 32.7 Å². The van der Waals surface area contributed by atoms with Crippen LogP contribution in [0.15, 0.2) is 24.4 Å². The van der Waals surface area contributed by atoms with Crippen molar-refractivity contribution in [2.24, 2.45) is 5.41 Å². The summed E-state index contributed by atoms with van der Waals surface area (Å²) in [7, 11) is 0. The molecule has 5 heterocycles. The molecular formula is C23H27FN4O3. The van der Waals surface area contributed by atoms with Gasteiger partial charge >= 0.3 is 5.97 Å². The van der Waals surface area contributed by atoms with Crippen LogP contribution >= 0.6 is 0 Å². The fourth-order valence-electron chi connectivity index (χ4n) is 4.89. The lowest BCUT2D eigenvalue weighted by Gasteiger charge is -2.31. The van der Waals surface area contributed by atoms with Gasteiger partial charge < -0.3 is 19.3 Å². The van der Waals surface area contributed by atoms with Crippen LogP contribution in [-0.4, -0.2) is 55.4 Å². The Morgan fingerprint density at radius 3 is 2.94 bits per heavy atom. The van der Waals surface area contributed by atoms with E-state index in [4.69, 9.17) is 9.47 Å². The van der Waals surface area contributed by atoms with Crippen molar-refractivity contribution < 1.29 is 18.7 Å². The summed E-state index contributed by atoms with van der Waals surface area (Å²) in [4.78, 5) is 24.7. The molecule has 2 fully saturated rings.